The quantitative estimate of drug-likeness (QED) is 0.502. The molecule has 1 aliphatic heterocycles. The van der Waals surface area contributed by atoms with Crippen LogP contribution in [0.2, 0.25) is 0 Å². The van der Waals surface area contributed by atoms with Gasteiger partial charge < -0.3 is 15.0 Å². The van der Waals surface area contributed by atoms with E-state index in [0.717, 1.165) is 17.7 Å². The molecule has 0 bridgehead atoms. The van der Waals surface area contributed by atoms with Gasteiger partial charge in [-0.05, 0) is 74.8 Å². The van der Waals surface area contributed by atoms with Crippen molar-refractivity contribution in [1.82, 2.24) is 4.90 Å². The average Bonchev–Trinajstić information content (AvgIpc) is 3.19. The van der Waals surface area contributed by atoms with E-state index in [-0.39, 0.29) is 24.7 Å². The smallest absolute Gasteiger partial charge is 0.322 e. The molecule has 2 aliphatic rings. The van der Waals surface area contributed by atoms with Gasteiger partial charge in [-0.2, -0.15) is 0 Å². The predicted octanol–water partition coefficient (Wildman–Crippen LogP) is 6.76. The summed E-state index contributed by atoms with van der Waals surface area (Å²) in [6, 6.07) is 9.89. The molecule has 7 heteroatoms. The molecule has 1 fully saturated rings. The van der Waals surface area contributed by atoms with Crippen molar-refractivity contribution in [2.45, 2.75) is 78.0 Å². The highest BCUT2D eigenvalue weighted by Gasteiger charge is 2.27. The Kier molecular flexibility index (Phi) is 8.28. The van der Waals surface area contributed by atoms with E-state index in [1.807, 2.05) is 32.9 Å². The maximum absolute atomic E-state index is 13.9. The SMILES string of the molecule is CC(C)(C)OC=O.CC1CCC(c2ccc(NC(=O)N3Cc4cc(F)cc(F)c4C3)cc2)CC1. The van der Waals surface area contributed by atoms with Crippen LogP contribution in [0.5, 0.6) is 0 Å². The molecule has 2 aromatic carbocycles. The summed E-state index contributed by atoms with van der Waals surface area (Å²) in [6.07, 6.45) is 4.99. The number of nitrogens with zero attached hydrogens (tertiary/aromatic N) is 1. The van der Waals surface area contributed by atoms with Crippen molar-refractivity contribution < 1.29 is 23.1 Å². The van der Waals surface area contributed by atoms with Gasteiger partial charge in [-0.3, -0.25) is 4.79 Å². The van der Waals surface area contributed by atoms with Gasteiger partial charge in [0.2, 0.25) is 0 Å². The molecule has 184 valence electrons. The summed E-state index contributed by atoms with van der Waals surface area (Å²) in [7, 11) is 0. The molecule has 1 heterocycles. The number of halogens is 2. The first-order valence-corrected chi connectivity index (χ1v) is 11.8. The Hall–Kier alpha value is -2.96. The first kappa shape index (κ1) is 25.7. The molecule has 2 amide bonds. The highest BCUT2D eigenvalue weighted by molar-refractivity contribution is 5.89. The van der Waals surface area contributed by atoms with Gasteiger partial charge in [-0.25, -0.2) is 13.6 Å². The van der Waals surface area contributed by atoms with Crippen LogP contribution in [0.15, 0.2) is 36.4 Å². The largest absolute Gasteiger partial charge is 0.462 e. The van der Waals surface area contributed by atoms with Crippen molar-refractivity contribution >= 4 is 18.2 Å². The van der Waals surface area contributed by atoms with E-state index >= 15 is 0 Å². The van der Waals surface area contributed by atoms with E-state index in [2.05, 4.69) is 29.1 Å². The molecule has 0 atom stereocenters. The van der Waals surface area contributed by atoms with Crippen LogP contribution in [-0.2, 0) is 22.6 Å². The van der Waals surface area contributed by atoms with Gasteiger partial charge in [0.25, 0.3) is 6.47 Å². The van der Waals surface area contributed by atoms with E-state index in [4.69, 9.17) is 0 Å². The lowest BCUT2D eigenvalue weighted by Gasteiger charge is -2.26. The highest BCUT2D eigenvalue weighted by Crippen LogP contribution is 2.36. The van der Waals surface area contributed by atoms with Gasteiger partial charge in [0.05, 0.1) is 6.54 Å². The summed E-state index contributed by atoms with van der Waals surface area (Å²) < 4.78 is 31.8. The maximum Gasteiger partial charge on any atom is 0.322 e. The molecule has 1 aliphatic carbocycles. The second-order valence-corrected chi connectivity index (χ2v) is 10.2. The molecular formula is C27H34F2N2O3. The summed E-state index contributed by atoms with van der Waals surface area (Å²) in [5.74, 6) is 0.229. The Morgan fingerprint density at radius 1 is 1.06 bits per heavy atom. The monoisotopic (exact) mass is 472 g/mol. The van der Waals surface area contributed by atoms with Crippen molar-refractivity contribution in [2.75, 3.05) is 5.32 Å². The number of anilines is 1. The normalized spacial score (nSPS) is 19.5. The number of amides is 2. The van der Waals surface area contributed by atoms with Crippen LogP contribution in [0, 0.1) is 17.6 Å². The van der Waals surface area contributed by atoms with E-state index in [1.54, 1.807) is 0 Å². The Bertz CT molecular complexity index is 994. The van der Waals surface area contributed by atoms with Crippen LogP contribution in [-0.4, -0.2) is 23.0 Å². The molecule has 0 aromatic heterocycles. The minimum absolute atomic E-state index is 0.158. The number of carbonyl (C=O) groups is 2. The minimum atomic E-state index is -0.610. The summed E-state index contributed by atoms with van der Waals surface area (Å²) >= 11 is 0. The lowest BCUT2D eigenvalue weighted by Crippen LogP contribution is -2.30. The number of carbonyl (C=O) groups excluding carboxylic acids is 2. The topological polar surface area (TPSA) is 58.6 Å². The van der Waals surface area contributed by atoms with E-state index in [9.17, 15) is 18.4 Å². The number of benzene rings is 2. The van der Waals surface area contributed by atoms with Crippen molar-refractivity contribution in [1.29, 1.82) is 0 Å². The first-order valence-electron chi connectivity index (χ1n) is 11.8. The van der Waals surface area contributed by atoms with E-state index in [0.29, 0.717) is 23.5 Å². The van der Waals surface area contributed by atoms with Crippen LogP contribution in [0.1, 0.15) is 76.0 Å². The Labute approximate surface area is 200 Å². The fraction of sp³-hybridized carbons (Fsp3) is 0.481. The van der Waals surface area contributed by atoms with Crippen molar-refractivity contribution in [3.8, 4) is 0 Å². The van der Waals surface area contributed by atoms with Gasteiger partial charge in [-0.15, -0.1) is 0 Å². The Morgan fingerprint density at radius 3 is 2.26 bits per heavy atom. The van der Waals surface area contributed by atoms with E-state index in [1.165, 1.54) is 42.2 Å². The van der Waals surface area contributed by atoms with Crippen LogP contribution in [0.3, 0.4) is 0 Å². The maximum atomic E-state index is 13.9. The summed E-state index contributed by atoms with van der Waals surface area (Å²) in [4.78, 5) is 23.6. The Balaban J connectivity index is 0.000000406. The van der Waals surface area contributed by atoms with Gasteiger partial charge in [0.1, 0.15) is 17.2 Å². The number of hydrogen-bond donors (Lipinski definition) is 1. The highest BCUT2D eigenvalue weighted by atomic mass is 19.1. The summed E-state index contributed by atoms with van der Waals surface area (Å²) in [5, 5.41) is 2.86. The molecular weight excluding hydrogens is 438 g/mol. The van der Waals surface area contributed by atoms with Crippen LogP contribution in [0.25, 0.3) is 0 Å². The van der Waals surface area contributed by atoms with Crippen LogP contribution < -0.4 is 5.32 Å². The molecule has 0 spiro atoms. The summed E-state index contributed by atoms with van der Waals surface area (Å²) in [5.41, 5.74) is 2.65. The Morgan fingerprint density at radius 2 is 1.71 bits per heavy atom. The number of hydrogen-bond acceptors (Lipinski definition) is 3. The third-order valence-electron chi connectivity index (χ3n) is 6.30. The first-order chi connectivity index (χ1) is 16.1. The number of fused-ring (bicyclic) bond motifs is 1. The van der Waals surface area contributed by atoms with Crippen LogP contribution in [0.4, 0.5) is 19.3 Å². The molecule has 2 aromatic rings. The van der Waals surface area contributed by atoms with Gasteiger partial charge >= 0.3 is 6.03 Å². The van der Waals surface area contributed by atoms with Gasteiger partial charge in [-0.1, -0.05) is 31.9 Å². The molecule has 0 saturated heterocycles. The van der Waals surface area contributed by atoms with Crippen molar-refractivity contribution in [3.63, 3.8) is 0 Å². The molecule has 1 saturated carbocycles. The minimum Gasteiger partial charge on any atom is -0.462 e. The second kappa shape index (κ2) is 11.0. The third kappa shape index (κ3) is 7.02. The average molecular weight is 473 g/mol. The lowest BCUT2D eigenvalue weighted by atomic mass is 9.79. The predicted molar refractivity (Wildman–Crippen MR) is 128 cm³/mol. The van der Waals surface area contributed by atoms with E-state index < -0.39 is 11.6 Å². The molecule has 34 heavy (non-hydrogen) atoms. The molecule has 0 radical (unpaired) electrons. The van der Waals surface area contributed by atoms with Crippen molar-refractivity contribution in [3.05, 3.63) is 64.7 Å². The molecule has 1 N–H and O–H groups in total. The zero-order chi connectivity index (χ0) is 24.9. The second-order valence-electron chi connectivity index (χ2n) is 10.2. The zero-order valence-corrected chi connectivity index (χ0v) is 20.4. The number of nitrogens with one attached hydrogen (secondary N) is 1. The zero-order valence-electron chi connectivity index (χ0n) is 20.4. The molecule has 5 nitrogen and oxygen atoms in total. The lowest BCUT2D eigenvalue weighted by molar-refractivity contribution is -0.138. The molecule has 0 unspecified atom stereocenters. The fourth-order valence-corrected chi connectivity index (χ4v) is 4.35. The van der Waals surface area contributed by atoms with Crippen LogP contribution >= 0.6 is 0 Å². The standard InChI is InChI=1S/C22H24F2N2O.C5H10O2/c1-14-2-4-15(5-3-14)16-6-8-19(9-7-16)25-22(27)26-12-17-10-18(23)11-21(24)20(17)13-26;1-5(2,3)7-4-6/h6-11,14-15H,2-5,12-13H2,1H3,(H,25,27);4H,1-3H3. The van der Waals surface area contributed by atoms with Gasteiger partial charge in [0.15, 0.2) is 0 Å². The number of ether oxygens (including phenoxy) is 1. The number of rotatable bonds is 3. The third-order valence-corrected chi connectivity index (χ3v) is 6.30. The fourth-order valence-electron chi connectivity index (χ4n) is 4.35. The van der Waals surface area contributed by atoms with Gasteiger partial charge in [0, 0.05) is 23.9 Å². The van der Waals surface area contributed by atoms with Crippen molar-refractivity contribution in [2.24, 2.45) is 5.92 Å². The molecule has 4 rings (SSSR count). The summed E-state index contributed by atoms with van der Waals surface area (Å²) in [6.45, 7) is 8.61. The number of urea groups is 1.